The van der Waals surface area contributed by atoms with Gasteiger partial charge in [-0.05, 0) is 70.6 Å². The number of amides is 1. The average molecular weight is 704 g/mol. The molecule has 0 aromatic carbocycles. The Morgan fingerprint density at radius 3 is 1.53 bits per heavy atom. The summed E-state index contributed by atoms with van der Waals surface area (Å²) >= 11 is 0. The molecule has 0 radical (unpaired) electrons. The number of allylic oxidation sites excluding steroid dienone is 11. The van der Waals surface area contributed by atoms with Crippen molar-refractivity contribution in [1.29, 1.82) is 0 Å². The van der Waals surface area contributed by atoms with Gasteiger partial charge < -0.3 is 10.4 Å². The molecule has 0 fully saturated rings. The Morgan fingerprint density at radius 1 is 0.571 bits per heavy atom. The third-order valence-electron chi connectivity index (χ3n) is 8.37. The van der Waals surface area contributed by atoms with E-state index in [1.807, 2.05) is 0 Å². The molecule has 6 nitrogen and oxygen atoms in total. The quantitative estimate of drug-likeness (QED) is 0.0351. The van der Waals surface area contributed by atoms with E-state index in [2.05, 4.69) is 79.9 Å². The molecular formula is C42H73NO5S. The standard InChI is InChI=1S/C42H73NO5S/c1-3-5-7-9-11-13-15-16-17-18-19-20-21-22-23-24-25-26-28-30-32-34-36-38-42(45)43-40(39-49(46,47)48)41(44)37-35-33-31-29-27-14-12-10-8-6-4-2/h5,7,11,13,16-17,19-20,27,29,35,37,40-41,44H,3-4,6,8-10,12,14-15,18,21-26,28,30-34,36,38-39H2,1-2H3,(H,43,45)(H,46,47,48)/b7-5-,13-11-,17-16-,20-19-,29-27+,37-35+. The van der Waals surface area contributed by atoms with Gasteiger partial charge in [0.2, 0.25) is 5.91 Å². The zero-order valence-electron chi connectivity index (χ0n) is 31.3. The van der Waals surface area contributed by atoms with Gasteiger partial charge in [0.25, 0.3) is 10.1 Å². The predicted octanol–water partition coefficient (Wildman–Crippen LogP) is 11.5. The van der Waals surface area contributed by atoms with Gasteiger partial charge >= 0.3 is 0 Å². The van der Waals surface area contributed by atoms with Crippen molar-refractivity contribution in [1.82, 2.24) is 5.32 Å². The van der Waals surface area contributed by atoms with Crippen molar-refractivity contribution < 1.29 is 22.9 Å². The summed E-state index contributed by atoms with van der Waals surface area (Å²) in [6, 6.07) is -1.08. The van der Waals surface area contributed by atoms with Gasteiger partial charge in [0.05, 0.1) is 17.9 Å². The molecule has 282 valence electrons. The first-order chi connectivity index (χ1) is 23.8. The number of aliphatic hydroxyl groups excluding tert-OH is 1. The van der Waals surface area contributed by atoms with Gasteiger partial charge in [-0.1, -0.05) is 164 Å². The van der Waals surface area contributed by atoms with E-state index in [0.29, 0.717) is 6.42 Å². The number of hydrogen-bond donors (Lipinski definition) is 3. The fourth-order valence-electron chi connectivity index (χ4n) is 5.45. The summed E-state index contributed by atoms with van der Waals surface area (Å²) in [6.45, 7) is 4.37. The highest BCUT2D eigenvalue weighted by Gasteiger charge is 2.24. The lowest BCUT2D eigenvalue weighted by atomic mass is 10.0. The third kappa shape index (κ3) is 36.9. The van der Waals surface area contributed by atoms with Crippen LogP contribution in [0.1, 0.15) is 168 Å². The summed E-state index contributed by atoms with van der Waals surface area (Å²) in [5.41, 5.74) is 0. The number of hydrogen-bond acceptors (Lipinski definition) is 4. The van der Waals surface area contributed by atoms with Crippen LogP contribution in [0.25, 0.3) is 0 Å². The van der Waals surface area contributed by atoms with Gasteiger partial charge in [-0.25, -0.2) is 0 Å². The molecule has 0 saturated carbocycles. The maximum Gasteiger partial charge on any atom is 0.267 e. The molecule has 3 N–H and O–H groups in total. The highest BCUT2D eigenvalue weighted by atomic mass is 32.2. The van der Waals surface area contributed by atoms with Crippen molar-refractivity contribution in [3.05, 3.63) is 72.9 Å². The second kappa shape index (κ2) is 35.6. The van der Waals surface area contributed by atoms with Crippen LogP contribution >= 0.6 is 0 Å². The largest absolute Gasteiger partial charge is 0.387 e. The molecule has 0 aliphatic heterocycles. The lowest BCUT2D eigenvalue weighted by Gasteiger charge is -2.21. The first-order valence-corrected chi connectivity index (χ1v) is 21.2. The van der Waals surface area contributed by atoms with Crippen molar-refractivity contribution in [2.45, 2.75) is 180 Å². The van der Waals surface area contributed by atoms with E-state index in [9.17, 15) is 22.9 Å². The van der Waals surface area contributed by atoms with Crippen molar-refractivity contribution >= 4 is 16.0 Å². The summed E-state index contributed by atoms with van der Waals surface area (Å²) in [5.74, 6) is -1.01. The molecule has 0 aromatic rings. The number of unbranched alkanes of at least 4 members (excludes halogenated alkanes) is 16. The lowest BCUT2D eigenvalue weighted by molar-refractivity contribution is -0.122. The van der Waals surface area contributed by atoms with Crippen molar-refractivity contribution in [2.75, 3.05) is 5.75 Å². The summed E-state index contributed by atoms with van der Waals surface area (Å²) in [5, 5.41) is 13.1. The molecule has 2 unspecified atom stereocenters. The van der Waals surface area contributed by atoms with Crippen LogP contribution in [0.5, 0.6) is 0 Å². The number of nitrogens with one attached hydrogen (secondary N) is 1. The first kappa shape index (κ1) is 46.8. The second-order valence-corrected chi connectivity index (χ2v) is 14.7. The Labute approximate surface area is 302 Å². The molecule has 0 aliphatic carbocycles. The number of carbonyl (C=O) groups is 1. The van der Waals surface area contributed by atoms with Crippen LogP contribution in [-0.4, -0.2) is 41.9 Å². The third-order valence-corrected chi connectivity index (χ3v) is 9.15. The summed E-state index contributed by atoms with van der Waals surface area (Å²) < 4.78 is 32.4. The van der Waals surface area contributed by atoms with E-state index < -0.39 is 28.0 Å². The Kier molecular flexibility index (Phi) is 34.0. The van der Waals surface area contributed by atoms with E-state index in [1.165, 1.54) is 76.7 Å². The van der Waals surface area contributed by atoms with Crippen LogP contribution in [0.3, 0.4) is 0 Å². The van der Waals surface area contributed by atoms with Crippen LogP contribution in [0.15, 0.2) is 72.9 Å². The van der Waals surface area contributed by atoms with Gasteiger partial charge in [0, 0.05) is 6.42 Å². The summed E-state index contributed by atoms with van der Waals surface area (Å²) in [7, 11) is -4.35. The fraction of sp³-hybridized carbons (Fsp3) is 0.690. The van der Waals surface area contributed by atoms with E-state index in [4.69, 9.17) is 0 Å². The summed E-state index contributed by atoms with van der Waals surface area (Å²) in [4.78, 5) is 12.5. The van der Waals surface area contributed by atoms with Crippen molar-refractivity contribution in [3.8, 4) is 0 Å². The minimum absolute atomic E-state index is 0.279. The fourth-order valence-corrected chi connectivity index (χ4v) is 6.19. The van der Waals surface area contributed by atoms with Crippen molar-refractivity contribution in [2.24, 2.45) is 0 Å². The molecule has 2 atom stereocenters. The maximum absolute atomic E-state index is 12.5. The van der Waals surface area contributed by atoms with Gasteiger partial charge in [-0.15, -0.1) is 0 Å². The zero-order valence-corrected chi connectivity index (χ0v) is 32.1. The van der Waals surface area contributed by atoms with E-state index in [0.717, 1.165) is 70.6 Å². The van der Waals surface area contributed by atoms with Crippen LogP contribution in [0.2, 0.25) is 0 Å². The second-order valence-electron chi connectivity index (χ2n) is 13.2. The van der Waals surface area contributed by atoms with Crippen LogP contribution in [0, 0.1) is 0 Å². The zero-order chi connectivity index (χ0) is 36.1. The highest BCUT2D eigenvalue weighted by Crippen LogP contribution is 2.13. The van der Waals surface area contributed by atoms with Gasteiger partial charge in [0.1, 0.15) is 0 Å². The van der Waals surface area contributed by atoms with Gasteiger partial charge in [-0.3, -0.25) is 9.35 Å². The molecule has 0 aromatic heterocycles. The molecule has 1 amide bonds. The van der Waals surface area contributed by atoms with Crippen LogP contribution in [0.4, 0.5) is 0 Å². The Bertz CT molecular complexity index is 1040. The molecule has 0 aliphatic rings. The number of aliphatic hydroxyl groups is 1. The summed E-state index contributed by atoms with van der Waals surface area (Å²) in [6.07, 6.45) is 50.3. The normalized spacial score (nSPS) is 14.1. The SMILES string of the molecule is CC/C=C\C/C=C\C/C=C\C/C=C\CCCCCCCCCCCCC(=O)NC(CS(=O)(=O)O)C(O)/C=C/CC/C=C/CCCCCCC. The average Bonchev–Trinajstić information content (AvgIpc) is 3.06. The molecule has 0 rings (SSSR count). The topological polar surface area (TPSA) is 104 Å². The minimum atomic E-state index is -4.35. The molecule has 0 saturated heterocycles. The molecule has 0 spiro atoms. The van der Waals surface area contributed by atoms with Crippen molar-refractivity contribution in [3.63, 3.8) is 0 Å². The molecule has 0 heterocycles. The Morgan fingerprint density at radius 2 is 1.00 bits per heavy atom. The lowest BCUT2D eigenvalue weighted by Crippen LogP contribution is -2.46. The first-order valence-electron chi connectivity index (χ1n) is 19.6. The molecule has 49 heavy (non-hydrogen) atoms. The van der Waals surface area contributed by atoms with E-state index in [-0.39, 0.29) is 12.3 Å². The maximum atomic E-state index is 12.5. The number of rotatable bonds is 34. The Balaban J connectivity index is 3.92. The van der Waals surface area contributed by atoms with Crippen LogP contribution < -0.4 is 5.32 Å². The number of carbonyl (C=O) groups excluding carboxylic acids is 1. The molecule has 0 bridgehead atoms. The molecular weight excluding hydrogens is 631 g/mol. The predicted molar refractivity (Wildman–Crippen MR) is 211 cm³/mol. The monoisotopic (exact) mass is 704 g/mol. The van der Waals surface area contributed by atoms with Gasteiger partial charge in [0.15, 0.2) is 0 Å². The Hall–Kier alpha value is -2.22. The van der Waals surface area contributed by atoms with Gasteiger partial charge in [-0.2, -0.15) is 8.42 Å². The molecule has 7 heteroatoms. The smallest absolute Gasteiger partial charge is 0.267 e. The minimum Gasteiger partial charge on any atom is -0.387 e. The van der Waals surface area contributed by atoms with Crippen LogP contribution in [-0.2, 0) is 14.9 Å². The van der Waals surface area contributed by atoms with E-state index in [1.54, 1.807) is 6.08 Å². The van der Waals surface area contributed by atoms with E-state index >= 15 is 0 Å². The highest BCUT2D eigenvalue weighted by molar-refractivity contribution is 7.85.